The summed E-state index contributed by atoms with van der Waals surface area (Å²) < 4.78 is 37.0. The van der Waals surface area contributed by atoms with Crippen LogP contribution in [-0.2, 0) is 23.4 Å². The predicted octanol–water partition coefficient (Wildman–Crippen LogP) is 1.72. The first kappa shape index (κ1) is 25.0. The zero-order valence-corrected chi connectivity index (χ0v) is 20.3. The van der Waals surface area contributed by atoms with Gasteiger partial charge in [-0.25, -0.2) is 19.5 Å². The lowest BCUT2D eigenvalue weighted by molar-refractivity contribution is -0.142. The summed E-state index contributed by atoms with van der Waals surface area (Å²) in [5.41, 5.74) is 6.83. The molecule has 2 aromatic heterocycles. The number of para-hydroxylation sites is 1. The van der Waals surface area contributed by atoms with Gasteiger partial charge in [0.1, 0.15) is 35.5 Å². The Morgan fingerprint density at radius 1 is 1.37 bits per heavy atom. The fourth-order valence-electron chi connectivity index (χ4n) is 3.65. The van der Waals surface area contributed by atoms with Crippen molar-refractivity contribution in [2.45, 2.75) is 44.7 Å². The smallest absolute Gasteiger partial charge is 0.459 e. The van der Waals surface area contributed by atoms with E-state index in [9.17, 15) is 14.5 Å². The van der Waals surface area contributed by atoms with Gasteiger partial charge in [-0.2, -0.15) is 5.09 Å². The van der Waals surface area contributed by atoms with Gasteiger partial charge in [0.25, 0.3) is 0 Å². The summed E-state index contributed by atoms with van der Waals surface area (Å²) in [5, 5.41) is 13.2. The number of aliphatic hydroxyl groups is 1. The van der Waals surface area contributed by atoms with Gasteiger partial charge in [-0.3, -0.25) is 13.9 Å². The van der Waals surface area contributed by atoms with E-state index in [2.05, 4.69) is 24.8 Å². The van der Waals surface area contributed by atoms with Crippen LogP contribution in [0, 0.1) is 6.92 Å². The van der Waals surface area contributed by atoms with Crippen LogP contribution < -0.4 is 15.3 Å². The molecule has 1 fully saturated rings. The molecule has 1 aliphatic rings. The number of aliphatic hydroxyl groups excluding tert-OH is 1. The third kappa shape index (κ3) is 5.60. The van der Waals surface area contributed by atoms with Crippen LogP contribution in [0.3, 0.4) is 0 Å². The Kier molecular flexibility index (Phi) is 7.33. The Morgan fingerprint density at radius 2 is 2.11 bits per heavy atom. The number of ether oxygens (including phenoxy) is 2. The summed E-state index contributed by atoms with van der Waals surface area (Å²) in [4.78, 5) is 24.6. The van der Waals surface area contributed by atoms with E-state index in [-0.39, 0.29) is 24.6 Å². The van der Waals surface area contributed by atoms with Crippen LogP contribution in [0.25, 0.3) is 11.2 Å². The number of esters is 1. The number of anilines is 1. The van der Waals surface area contributed by atoms with Gasteiger partial charge in [0.15, 0.2) is 11.5 Å². The van der Waals surface area contributed by atoms with Crippen LogP contribution in [-0.4, -0.2) is 62.6 Å². The minimum absolute atomic E-state index is 0.207. The van der Waals surface area contributed by atoms with Crippen molar-refractivity contribution in [3.8, 4) is 5.75 Å². The lowest BCUT2D eigenvalue weighted by atomic mass is 10.2. The lowest BCUT2D eigenvalue weighted by Crippen LogP contribution is -2.36. The van der Waals surface area contributed by atoms with E-state index >= 15 is 0 Å². The molecule has 0 spiro atoms. The molecule has 0 amide bonds. The molecule has 1 aliphatic heterocycles. The molecule has 1 aromatic carbocycles. The summed E-state index contributed by atoms with van der Waals surface area (Å²) in [5.74, 6) is 0.337. The number of aryl methyl sites for hydroxylation is 1. The average molecular weight is 506 g/mol. The molecule has 3 aromatic rings. The highest BCUT2D eigenvalue weighted by Gasteiger charge is 2.39. The molecule has 4 N–H and O–H groups in total. The number of aromatic nitrogens is 4. The van der Waals surface area contributed by atoms with Crippen molar-refractivity contribution in [2.75, 3.05) is 19.5 Å². The van der Waals surface area contributed by atoms with Gasteiger partial charge in [0, 0.05) is 6.42 Å². The first-order valence-corrected chi connectivity index (χ1v) is 12.4. The molecular weight excluding hydrogens is 479 g/mol. The number of imidazole rings is 1. The number of rotatable bonds is 9. The van der Waals surface area contributed by atoms with Gasteiger partial charge >= 0.3 is 13.7 Å². The highest BCUT2D eigenvalue weighted by Crippen LogP contribution is 2.46. The molecule has 14 heteroatoms. The fraction of sp³-hybridized carbons (Fsp3) is 0.429. The molecular formula is C21H27N6O7P. The van der Waals surface area contributed by atoms with Crippen molar-refractivity contribution in [2.24, 2.45) is 0 Å². The Balaban J connectivity index is 1.49. The van der Waals surface area contributed by atoms with Crippen molar-refractivity contribution >= 4 is 30.7 Å². The van der Waals surface area contributed by atoms with Gasteiger partial charge in [-0.1, -0.05) is 18.2 Å². The summed E-state index contributed by atoms with van der Waals surface area (Å²) in [6.45, 7) is 2.89. The number of nitrogens with two attached hydrogens (primary N) is 1. The van der Waals surface area contributed by atoms with E-state index in [4.69, 9.17) is 19.5 Å². The summed E-state index contributed by atoms with van der Waals surface area (Å²) >= 11 is 0. The standard InChI is InChI=1S/C21H27N6O7P/c1-12(21(29)31-3)26-35(30,34-14-7-5-4-6-8-14)32-10-16-15(28)9-17(33-16)27-11-23-18-19(22)24-13(2)25-20(18)27/h4-8,11-12,15-17,28H,9-10H2,1-3H3,(H,26,30)(H2,22,24,25)/t12-,15?,16?,17?,35?/m1/s1. The number of carbonyl (C=O) groups excluding carboxylic acids is 1. The summed E-state index contributed by atoms with van der Waals surface area (Å²) in [6.07, 6.45) is -0.688. The summed E-state index contributed by atoms with van der Waals surface area (Å²) in [7, 11) is -2.86. The van der Waals surface area contributed by atoms with Gasteiger partial charge in [-0.05, 0) is 26.0 Å². The molecule has 0 saturated carbocycles. The first-order chi connectivity index (χ1) is 16.7. The highest BCUT2D eigenvalue weighted by molar-refractivity contribution is 7.52. The van der Waals surface area contributed by atoms with Crippen molar-refractivity contribution in [1.82, 2.24) is 24.6 Å². The maximum atomic E-state index is 13.5. The molecule has 1 saturated heterocycles. The zero-order chi connectivity index (χ0) is 25.2. The summed E-state index contributed by atoms with van der Waals surface area (Å²) in [6, 6.07) is 7.37. The molecule has 188 valence electrons. The highest BCUT2D eigenvalue weighted by atomic mass is 31.2. The Labute approximate surface area is 201 Å². The van der Waals surface area contributed by atoms with Gasteiger partial charge < -0.3 is 24.8 Å². The SMILES string of the molecule is COC(=O)[C@@H](C)NP(=O)(OCC1OC(n2cnc3c(N)nc(C)nc32)CC1O)Oc1ccccc1. The van der Waals surface area contributed by atoms with Crippen LogP contribution in [0.2, 0.25) is 0 Å². The van der Waals surface area contributed by atoms with Crippen molar-refractivity contribution in [3.63, 3.8) is 0 Å². The molecule has 35 heavy (non-hydrogen) atoms. The minimum atomic E-state index is -4.07. The molecule has 0 bridgehead atoms. The number of fused-ring (bicyclic) bond motifs is 1. The van der Waals surface area contributed by atoms with E-state index in [1.165, 1.54) is 20.4 Å². The van der Waals surface area contributed by atoms with E-state index in [0.29, 0.717) is 17.0 Å². The van der Waals surface area contributed by atoms with Gasteiger partial charge in [-0.15, -0.1) is 0 Å². The van der Waals surface area contributed by atoms with Crippen molar-refractivity contribution < 1.29 is 33.0 Å². The third-order valence-corrected chi connectivity index (χ3v) is 7.00. The van der Waals surface area contributed by atoms with Crippen LogP contribution >= 0.6 is 7.75 Å². The third-order valence-electron chi connectivity index (χ3n) is 5.36. The van der Waals surface area contributed by atoms with E-state index in [0.717, 1.165) is 0 Å². The number of nitrogen functional groups attached to an aromatic ring is 1. The average Bonchev–Trinajstić information content (AvgIpc) is 3.41. The lowest BCUT2D eigenvalue weighted by Gasteiger charge is -2.24. The Morgan fingerprint density at radius 3 is 2.83 bits per heavy atom. The van der Waals surface area contributed by atoms with Crippen LogP contribution in [0.15, 0.2) is 36.7 Å². The van der Waals surface area contributed by atoms with E-state index < -0.39 is 38.2 Å². The molecule has 4 unspecified atom stereocenters. The number of hydrogen-bond donors (Lipinski definition) is 3. The molecule has 3 heterocycles. The zero-order valence-electron chi connectivity index (χ0n) is 19.4. The number of carbonyl (C=O) groups is 1. The topological polar surface area (TPSA) is 173 Å². The second kappa shape index (κ2) is 10.3. The predicted molar refractivity (Wildman–Crippen MR) is 124 cm³/mol. The normalized spacial score (nSPS) is 22.6. The van der Waals surface area contributed by atoms with Gasteiger partial charge in [0.2, 0.25) is 0 Å². The first-order valence-electron chi connectivity index (χ1n) is 10.8. The van der Waals surface area contributed by atoms with Crippen LogP contribution in [0.1, 0.15) is 25.4 Å². The monoisotopic (exact) mass is 506 g/mol. The number of methoxy groups -OCH3 is 1. The number of nitrogens with one attached hydrogen (secondary N) is 1. The number of benzene rings is 1. The van der Waals surface area contributed by atoms with E-state index in [1.54, 1.807) is 41.8 Å². The Hall–Kier alpha value is -3.09. The number of hydrogen-bond acceptors (Lipinski definition) is 11. The molecule has 0 radical (unpaired) electrons. The van der Waals surface area contributed by atoms with Gasteiger partial charge in [0.05, 0.1) is 26.1 Å². The fourth-order valence-corrected chi connectivity index (χ4v) is 5.15. The second-order valence-electron chi connectivity index (χ2n) is 7.98. The number of nitrogens with zero attached hydrogens (tertiary/aromatic N) is 4. The Bertz CT molecular complexity index is 1240. The van der Waals surface area contributed by atoms with Crippen molar-refractivity contribution in [3.05, 3.63) is 42.5 Å². The molecule has 0 aliphatic carbocycles. The second-order valence-corrected chi connectivity index (χ2v) is 9.68. The maximum Gasteiger partial charge on any atom is 0.459 e. The molecule has 5 atom stereocenters. The minimum Gasteiger partial charge on any atom is -0.468 e. The van der Waals surface area contributed by atoms with Crippen molar-refractivity contribution in [1.29, 1.82) is 0 Å². The van der Waals surface area contributed by atoms with Crippen LogP contribution in [0.5, 0.6) is 5.75 Å². The van der Waals surface area contributed by atoms with Crippen LogP contribution in [0.4, 0.5) is 5.82 Å². The molecule has 4 rings (SSSR count). The quantitative estimate of drug-likeness (QED) is 0.284. The maximum absolute atomic E-state index is 13.5. The largest absolute Gasteiger partial charge is 0.468 e. The molecule has 13 nitrogen and oxygen atoms in total. The van der Waals surface area contributed by atoms with E-state index in [1.807, 2.05) is 0 Å².